The molecule has 0 saturated heterocycles. The summed E-state index contributed by atoms with van der Waals surface area (Å²) >= 11 is 0. The van der Waals surface area contributed by atoms with Crippen molar-refractivity contribution in [3.05, 3.63) is 200 Å². The molecule has 8 aromatic carbocycles. The third kappa shape index (κ3) is 5.65. The van der Waals surface area contributed by atoms with Crippen molar-refractivity contribution >= 4 is 27.8 Å². The van der Waals surface area contributed by atoms with Gasteiger partial charge in [0.15, 0.2) is 0 Å². The van der Waals surface area contributed by atoms with Gasteiger partial charge < -0.3 is 4.90 Å². The number of para-hydroxylation sites is 1. The van der Waals surface area contributed by atoms with Gasteiger partial charge in [-0.3, -0.25) is 0 Å². The summed E-state index contributed by atoms with van der Waals surface area (Å²) in [6.07, 6.45) is 0. The summed E-state index contributed by atoms with van der Waals surface area (Å²) in [6.45, 7) is 0. The van der Waals surface area contributed by atoms with Crippen LogP contribution in [-0.4, -0.2) is 0 Å². The predicted octanol–water partition coefficient (Wildman–Crippen LogP) is 13.1. The van der Waals surface area contributed by atoms with Crippen LogP contribution >= 0.6 is 0 Å². The molecule has 2 heteroatoms. The molecule has 0 radical (unpaired) electrons. The first kappa shape index (κ1) is 29.2. The average molecular weight is 618 g/mol. The second-order valence-electron chi connectivity index (χ2n) is 11.9. The van der Waals surface area contributed by atoms with E-state index in [0.29, 0.717) is 0 Å². The Bertz CT molecular complexity index is 2220. The van der Waals surface area contributed by atoms with Crippen LogP contribution in [0.3, 0.4) is 0 Å². The Labute approximate surface area is 280 Å². The van der Waals surface area contributed by atoms with Gasteiger partial charge >= 0.3 is 0 Å². The standard InChI is InChI=1S/C46H32FN/c47-39-27-21-37(22-28-39)42-18-9-15-38-16-10-19-44(46(38)42)43-17-7-8-20-45(43)48(40-29-23-35(24-30-40)33-11-3-1-4-12-33)41-31-25-36(26-32-41)34-13-5-2-6-14-34/h1-32H. The smallest absolute Gasteiger partial charge is 0.123 e. The van der Waals surface area contributed by atoms with Crippen LogP contribution in [0.15, 0.2) is 194 Å². The molecule has 0 amide bonds. The van der Waals surface area contributed by atoms with Gasteiger partial charge in [-0.1, -0.05) is 152 Å². The van der Waals surface area contributed by atoms with Crippen LogP contribution in [-0.2, 0) is 0 Å². The lowest BCUT2D eigenvalue weighted by Crippen LogP contribution is -2.11. The Morgan fingerprint density at radius 3 is 1.31 bits per heavy atom. The van der Waals surface area contributed by atoms with Gasteiger partial charge in [0.05, 0.1) is 5.69 Å². The van der Waals surface area contributed by atoms with Crippen molar-refractivity contribution in [3.8, 4) is 44.5 Å². The van der Waals surface area contributed by atoms with Crippen molar-refractivity contribution in [3.63, 3.8) is 0 Å². The summed E-state index contributed by atoms with van der Waals surface area (Å²) in [5, 5.41) is 2.27. The Morgan fingerprint density at radius 2 is 0.750 bits per heavy atom. The lowest BCUT2D eigenvalue weighted by molar-refractivity contribution is 0.628. The lowest BCUT2D eigenvalue weighted by atomic mass is 9.90. The SMILES string of the molecule is Fc1ccc(-c2cccc3cccc(-c4ccccc4N(c4ccc(-c5ccccc5)cc4)c4ccc(-c5ccccc5)cc4)c23)cc1. The van der Waals surface area contributed by atoms with Crippen molar-refractivity contribution in [1.82, 2.24) is 0 Å². The van der Waals surface area contributed by atoms with Gasteiger partial charge in [0.2, 0.25) is 0 Å². The van der Waals surface area contributed by atoms with E-state index < -0.39 is 0 Å². The van der Waals surface area contributed by atoms with Crippen LogP contribution in [0.25, 0.3) is 55.3 Å². The highest BCUT2D eigenvalue weighted by Crippen LogP contribution is 2.45. The molecule has 228 valence electrons. The third-order valence-corrected chi connectivity index (χ3v) is 8.96. The first-order valence-electron chi connectivity index (χ1n) is 16.2. The maximum Gasteiger partial charge on any atom is 0.123 e. The number of hydrogen-bond donors (Lipinski definition) is 0. The van der Waals surface area contributed by atoms with Gasteiger partial charge in [0.1, 0.15) is 5.82 Å². The summed E-state index contributed by atoms with van der Waals surface area (Å²) in [5.41, 5.74) is 12.2. The second kappa shape index (κ2) is 12.9. The maximum absolute atomic E-state index is 14.0. The minimum atomic E-state index is -0.239. The Morgan fingerprint density at radius 1 is 0.312 bits per heavy atom. The van der Waals surface area contributed by atoms with E-state index in [0.717, 1.165) is 50.1 Å². The second-order valence-corrected chi connectivity index (χ2v) is 11.9. The molecule has 8 aromatic rings. The summed E-state index contributed by atoms with van der Waals surface area (Å²) in [4.78, 5) is 2.35. The molecule has 1 nitrogen and oxygen atoms in total. The van der Waals surface area contributed by atoms with E-state index in [1.54, 1.807) is 0 Å². The van der Waals surface area contributed by atoms with Crippen LogP contribution in [0, 0.1) is 5.82 Å². The molecule has 0 atom stereocenters. The predicted molar refractivity (Wildman–Crippen MR) is 200 cm³/mol. The molecule has 8 rings (SSSR count). The van der Waals surface area contributed by atoms with Gasteiger partial charge in [0.25, 0.3) is 0 Å². The Balaban J connectivity index is 1.31. The van der Waals surface area contributed by atoms with Crippen LogP contribution in [0.1, 0.15) is 0 Å². The fourth-order valence-electron chi connectivity index (χ4n) is 6.63. The van der Waals surface area contributed by atoms with E-state index in [1.165, 1.54) is 34.4 Å². The maximum atomic E-state index is 14.0. The number of benzene rings is 8. The van der Waals surface area contributed by atoms with E-state index >= 15 is 0 Å². The molecular weight excluding hydrogens is 586 g/mol. The van der Waals surface area contributed by atoms with Gasteiger partial charge in [-0.25, -0.2) is 4.39 Å². The molecule has 48 heavy (non-hydrogen) atoms. The first-order valence-corrected chi connectivity index (χ1v) is 16.2. The number of hydrogen-bond acceptors (Lipinski definition) is 1. The summed E-state index contributed by atoms with van der Waals surface area (Å²) in [6, 6.07) is 66.8. The molecule has 0 aromatic heterocycles. The largest absolute Gasteiger partial charge is 0.310 e. The summed E-state index contributed by atoms with van der Waals surface area (Å²) in [7, 11) is 0. The molecule has 0 aliphatic heterocycles. The molecule has 0 heterocycles. The van der Waals surface area contributed by atoms with Gasteiger partial charge in [-0.15, -0.1) is 0 Å². The van der Waals surface area contributed by atoms with Crippen molar-refractivity contribution < 1.29 is 4.39 Å². The summed E-state index contributed by atoms with van der Waals surface area (Å²) < 4.78 is 14.0. The van der Waals surface area contributed by atoms with Gasteiger partial charge in [-0.05, 0) is 92.2 Å². The van der Waals surface area contributed by atoms with Crippen molar-refractivity contribution in [2.24, 2.45) is 0 Å². The fraction of sp³-hybridized carbons (Fsp3) is 0. The number of halogens is 1. The highest BCUT2D eigenvalue weighted by atomic mass is 19.1. The van der Waals surface area contributed by atoms with E-state index in [-0.39, 0.29) is 5.82 Å². The first-order chi connectivity index (χ1) is 23.7. The van der Waals surface area contributed by atoms with Crippen LogP contribution in [0.4, 0.5) is 21.5 Å². The van der Waals surface area contributed by atoms with Crippen molar-refractivity contribution in [2.45, 2.75) is 0 Å². The highest BCUT2D eigenvalue weighted by Gasteiger charge is 2.20. The lowest BCUT2D eigenvalue weighted by Gasteiger charge is -2.28. The number of fused-ring (bicyclic) bond motifs is 1. The molecule has 0 aliphatic rings. The Hall–Kier alpha value is -6.25. The van der Waals surface area contributed by atoms with Crippen LogP contribution in [0.5, 0.6) is 0 Å². The molecule has 0 bridgehead atoms. The zero-order valence-corrected chi connectivity index (χ0v) is 26.3. The molecule has 0 unspecified atom stereocenters. The van der Waals surface area contributed by atoms with Crippen LogP contribution < -0.4 is 4.90 Å². The molecule has 0 N–H and O–H groups in total. The van der Waals surface area contributed by atoms with Crippen molar-refractivity contribution in [2.75, 3.05) is 4.90 Å². The van der Waals surface area contributed by atoms with Gasteiger partial charge in [0, 0.05) is 16.9 Å². The molecule has 0 saturated carbocycles. The normalized spacial score (nSPS) is 11.0. The van der Waals surface area contributed by atoms with E-state index in [9.17, 15) is 4.39 Å². The fourth-order valence-corrected chi connectivity index (χ4v) is 6.63. The topological polar surface area (TPSA) is 3.24 Å². The molecule has 0 fully saturated rings. The quantitative estimate of drug-likeness (QED) is 0.172. The summed E-state index contributed by atoms with van der Waals surface area (Å²) in [5.74, 6) is -0.239. The average Bonchev–Trinajstić information content (AvgIpc) is 3.16. The monoisotopic (exact) mass is 617 g/mol. The minimum absolute atomic E-state index is 0.239. The van der Waals surface area contributed by atoms with Gasteiger partial charge in [-0.2, -0.15) is 0 Å². The highest BCUT2D eigenvalue weighted by molar-refractivity contribution is 6.08. The number of anilines is 3. The number of rotatable bonds is 7. The van der Waals surface area contributed by atoms with Crippen LogP contribution in [0.2, 0.25) is 0 Å². The number of nitrogens with zero attached hydrogens (tertiary/aromatic N) is 1. The zero-order valence-electron chi connectivity index (χ0n) is 26.3. The molecule has 0 spiro atoms. The zero-order chi connectivity index (χ0) is 32.3. The minimum Gasteiger partial charge on any atom is -0.310 e. The molecular formula is C46H32FN. The van der Waals surface area contributed by atoms with E-state index in [2.05, 4.69) is 163 Å². The Kier molecular flexibility index (Phi) is 7.82. The van der Waals surface area contributed by atoms with Crippen molar-refractivity contribution in [1.29, 1.82) is 0 Å². The van der Waals surface area contributed by atoms with E-state index in [1.807, 2.05) is 24.3 Å². The molecule has 0 aliphatic carbocycles. The van der Waals surface area contributed by atoms with E-state index in [4.69, 9.17) is 0 Å². The third-order valence-electron chi connectivity index (χ3n) is 8.96.